The molecule has 4 rings (SSSR count). The summed E-state index contributed by atoms with van der Waals surface area (Å²) in [5.41, 5.74) is 3.19. The summed E-state index contributed by atoms with van der Waals surface area (Å²) in [4.78, 5) is 14.2. The molecule has 1 heterocycles. The zero-order valence-corrected chi connectivity index (χ0v) is 15.3. The third kappa shape index (κ3) is 2.47. The predicted octanol–water partition coefficient (Wildman–Crippen LogP) is 5.29. The van der Waals surface area contributed by atoms with Crippen molar-refractivity contribution in [1.82, 2.24) is 10.2 Å². The van der Waals surface area contributed by atoms with E-state index >= 15 is 0 Å². The molecular weight excluding hydrogens is 383 g/mol. The number of carbonyl (C=O) groups is 1. The van der Waals surface area contributed by atoms with E-state index in [4.69, 9.17) is 23.2 Å². The van der Waals surface area contributed by atoms with Crippen LogP contribution >= 0.6 is 23.2 Å². The second-order valence-electron chi connectivity index (χ2n) is 6.54. The van der Waals surface area contributed by atoms with Crippen molar-refractivity contribution in [2.24, 2.45) is 0 Å². The fraction of sp³-hybridized carbons (Fsp3) is 0.333. The van der Waals surface area contributed by atoms with Gasteiger partial charge in [0.05, 0.1) is 11.8 Å². The summed E-state index contributed by atoms with van der Waals surface area (Å²) < 4.78 is 26.5. The number of nitrogens with one attached hydrogen (secondary N) is 1. The average molecular weight is 398 g/mol. The Labute approximate surface area is 158 Å². The summed E-state index contributed by atoms with van der Waals surface area (Å²) in [5, 5.41) is 5.80. The van der Waals surface area contributed by atoms with Gasteiger partial charge in [0.2, 0.25) is 0 Å². The number of rotatable bonds is 3. The molecule has 2 aliphatic rings. The van der Waals surface area contributed by atoms with E-state index in [1.54, 1.807) is 7.05 Å². The number of carbonyl (C=O) groups excluding carboxylic acids is 1. The van der Waals surface area contributed by atoms with E-state index in [-0.39, 0.29) is 21.9 Å². The Kier molecular flexibility index (Phi) is 4.28. The Morgan fingerprint density at radius 2 is 2.04 bits per heavy atom. The number of amides is 1. The van der Waals surface area contributed by atoms with E-state index in [9.17, 15) is 13.6 Å². The number of allylic oxidation sites excluding steroid dienone is 1. The highest BCUT2D eigenvalue weighted by Gasteiger charge is 2.45. The van der Waals surface area contributed by atoms with E-state index in [0.29, 0.717) is 5.69 Å². The Hall–Kier alpha value is -1.92. The number of aromatic amines is 1. The third-order valence-corrected chi connectivity index (χ3v) is 5.77. The first-order valence-corrected chi connectivity index (χ1v) is 8.94. The molecule has 0 spiro atoms. The number of aromatic nitrogens is 2. The van der Waals surface area contributed by atoms with Crippen LogP contribution in [0.25, 0.3) is 0 Å². The van der Waals surface area contributed by atoms with Gasteiger partial charge in [-0.15, -0.1) is 0 Å². The standard InChI is InChI=1S/C18H15Cl2F2N3O/c1-25(18(26)11-7-23-24-15(11)17(21)22)12-4-2-3-8-9-5-6-10(13(8)12)14(9)16(19)20/h2-4,7,9-10,17H,5-6H2,1H3,(H,23,24). The minimum absolute atomic E-state index is 0.0605. The van der Waals surface area contributed by atoms with Crippen molar-refractivity contribution in [3.63, 3.8) is 0 Å². The molecule has 26 heavy (non-hydrogen) atoms. The quantitative estimate of drug-likeness (QED) is 0.764. The maximum absolute atomic E-state index is 13.1. The molecule has 2 unspecified atom stereocenters. The van der Waals surface area contributed by atoms with E-state index in [1.807, 2.05) is 18.2 Å². The number of halogens is 4. The zero-order valence-electron chi connectivity index (χ0n) is 13.8. The molecule has 136 valence electrons. The molecule has 1 aromatic carbocycles. The number of hydrogen-bond donors (Lipinski definition) is 1. The largest absolute Gasteiger partial charge is 0.311 e. The molecule has 0 saturated heterocycles. The summed E-state index contributed by atoms with van der Waals surface area (Å²) in [6.45, 7) is 0. The summed E-state index contributed by atoms with van der Waals surface area (Å²) in [6, 6.07) is 5.70. The number of alkyl halides is 2. The minimum Gasteiger partial charge on any atom is -0.311 e. The number of fused-ring (bicyclic) bond motifs is 5. The fourth-order valence-corrected chi connectivity index (χ4v) is 4.77. The SMILES string of the molecule is CN(C(=O)c1cn[nH]c1C(F)F)c1cccc2c1C1CCC2C1=C(Cl)Cl. The molecule has 1 aromatic heterocycles. The van der Waals surface area contributed by atoms with Crippen LogP contribution in [0.4, 0.5) is 14.5 Å². The second kappa shape index (κ2) is 6.35. The lowest BCUT2D eigenvalue weighted by Crippen LogP contribution is -2.28. The zero-order chi connectivity index (χ0) is 18.6. The van der Waals surface area contributed by atoms with Gasteiger partial charge in [0.15, 0.2) is 0 Å². The van der Waals surface area contributed by atoms with Crippen LogP contribution in [-0.4, -0.2) is 23.2 Å². The van der Waals surface area contributed by atoms with Gasteiger partial charge < -0.3 is 4.90 Å². The molecule has 1 fully saturated rings. The number of benzene rings is 1. The average Bonchev–Trinajstić information content (AvgIpc) is 3.33. The van der Waals surface area contributed by atoms with E-state index in [1.165, 1.54) is 4.90 Å². The van der Waals surface area contributed by atoms with Crippen molar-refractivity contribution >= 4 is 34.8 Å². The van der Waals surface area contributed by atoms with Gasteiger partial charge in [-0.25, -0.2) is 8.78 Å². The van der Waals surface area contributed by atoms with Gasteiger partial charge in [-0.1, -0.05) is 35.3 Å². The van der Waals surface area contributed by atoms with Gasteiger partial charge in [0, 0.05) is 24.6 Å². The highest BCUT2D eigenvalue weighted by molar-refractivity contribution is 6.56. The van der Waals surface area contributed by atoms with Crippen molar-refractivity contribution in [2.45, 2.75) is 31.1 Å². The maximum atomic E-state index is 13.1. The third-order valence-electron chi connectivity index (χ3n) is 5.34. The highest BCUT2D eigenvalue weighted by Crippen LogP contribution is 2.60. The van der Waals surface area contributed by atoms with E-state index in [0.717, 1.165) is 35.7 Å². The predicted molar refractivity (Wildman–Crippen MR) is 96.2 cm³/mol. The topological polar surface area (TPSA) is 49.0 Å². The van der Waals surface area contributed by atoms with Gasteiger partial charge in [0.1, 0.15) is 10.2 Å². The van der Waals surface area contributed by atoms with Crippen LogP contribution < -0.4 is 4.90 Å². The summed E-state index contributed by atoms with van der Waals surface area (Å²) in [5.74, 6) is -0.313. The Morgan fingerprint density at radius 3 is 2.73 bits per heavy atom. The van der Waals surface area contributed by atoms with E-state index < -0.39 is 18.0 Å². The molecule has 2 atom stereocenters. The Balaban J connectivity index is 1.76. The van der Waals surface area contributed by atoms with Crippen LogP contribution in [0.2, 0.25) is 0 Å². The van der Waals surface area contributed by atoms with Crippen molar-refractivity contribution in [1.29, 1.82) is 0 Å². The summed E-state index contributed by atoms with van der Waals surface area (Å²) >= 11 is 12.2. The molecule has 4 nitrogen and oxygen atoms in total. The minimum atomic E-state index is -2.80. The van der Waals surface area contributed by atoms with Gasteiger partial charge in [-0.3, -0.25) is 9.89 Å². The molecule has 0 aliphatic heterocycles. The molecule has 1 N–H and O–H groups in total. The number of H-pyrrole nitrogens is 1. The molecular formula is C18H15Cl2F2N3O. The molecule has 1 amide bonds. The molecule has 8 heteroatoms. The molecule has 2 aromatic rings. The van der Waals surface area contributed by atoms with Crippen LogP contribution in [0.3, 0.4) is 0 Å². The van der Waals surface area contributed by atoms with Crippen LogP contribution in [0.1, 0.15) is 58.3 Å². The van der Waals surface area contributed by atoms with Crippen LogP contribution in [-0.2, 0) is 0 Å². The first-order chi connectivity index (χ1) is 12.4. The molecule has 0 radical (unpaired) electrons. The smallest absolute Gasteiger partial charge is 0.280 e. The lowest BCUT2D eigenvalue weighted by Gasteiger charge is -2.25. The Bertz CT molecular complexity index is 921. The fourth-order valence-electron chi connectivity index (χ4n) is 4.24. The van der Waals surface area contributed by atoms with Gasteiger partial charge >= 0.3 is 0 Å². The number of hydrogen-bond acceptors (Lipinski definition) is 2. The number of nitrogens with zero attached hydrogens (tertiary/aromatic N) is 2. The number of anilines is 1. The lowest BCUT2D eigenvalue weighted by molar-refractivity contribution is 0.0977. The van der Waals surface area contributed by atoms with Crippen LogP contribution in [0, 0.1) is 0 Å². The molecule has 1 saturated carbocycles. The van der Waals surface area contributed by atoms with Crippen molar-refractivity contribution < 1.29 is 13.6 Å². The summed E-state index contributed by atoms with van der Waals surface area (Å²) in [7, 11) is 1.58. The van der Waals surface area contributed by atoms with Gasteiger partial charge in [-0.05, 0) is 35.6 Å². The van der Waals surface area contributed by atoms with E-state index in [2.05, 4.69) is 10.2 Å². The first kappa shape index (κ1) is 17.5. The molecule has 2 aliphatic carbocycles. The monoisotopic (exact) mass is 397 g/mol. The van der Waals surface area contributed by atoms with Crippen molar-refractivity contribution in [3.8, 4) is 0 Å². The molecule has 2 bridgehead atoms. The van der Waals surface area contributed by atoms with Crippen molar-refractivity contribution in [2.75, 3.05) is 11.9 Å². The first-order valence-electron chi connectivity index (χ1n) is 8.19. The lowest BCUT2D eigenvalue weighted by atomic mass is 9.90. The second-order valence-corrected chi connectivity index (χ2v) is 7.49. The van der Waals surface area contributed by atoms with Gasteiger partial charge in [0.25, 0.3) is 12.3 Å². The van der Waals surface area contributed by atoms with Crippen LogP contribution in [0.15, 0.2) is 34.5 Å². The van der Waals surface area contributed by atoms with Crippen molar-refractivity contribution in [3.05, 3.63) is 56.8 Å². The maximum Gasteiger partial charge on any atom is 0.280 e. The van der Waals surface area contributed by atoms with Crippen LogP contribution in [0.5, 0.6) is 0 Å². The Morgan fingerprint density at radius 1 is 1.31 bits per heavy atom. The highest BCUT2D eigenvalue weighted by atomic mass is 35.5. The van der Waals surface area contributed by atoms with Gasteiger partial charge in [-0.2, -0.15) is 5.10 Å². The normalized spacial score (nSPS) is 20.6. The summed E-state index contributed by atoms with van der Waals surface area (Å²) in [6.07, 6.45) is 0.209.